The molecule has 0 unspecified atom stereocenters. The van der Waals surface area contributed by atoms with Crippen molar-refractivity contribution in [2.75, 3.05) is 0 Å². The molecule has 0 aliphatic heterocycles. The quantitative estimate of drug-likeness (QED) is 0.757. The van der Waals surface area contributed by atoms with Gasteiger partial charge in [0.25, 0.3) is 0 Å². The van der Waals surface area contributed by atoms with Crippen LogP contribution in [0.2, 0.25) is 0 Å². The van der Waals surface area contributed by atoms with Crippen LogP contribution < -0.4 is 0 Å². The molecule has 17 heavy (non-hydrogen) atoms. The highest BCUT2D eigenvalue weighted by Gasteiger charge is 2.35. The maximum absolute atomic E-state index is 11.4. The summed E-state index contributed by atoms with van der Waals surface area (Å²) in [5, 5.41) is 9.64. The monoisotopic (exact) mass is 234 g/mol. The van der Waals surface area contributed by atoms with Gasteiger partial charge in [-0.1, -0.05) is 5.57 Å². The smallest absolute Gasteiger partial charge is 0.155 e. The van der Waals surface area contributed by atoms with Crippen LogP contribution in [0.3, 0.4) is 0 Å². The molecule has 1 N–H and O–H groups in total. The number of carbonyl (C=O) groups is 1. The molecule has 0 spiro atoms. The lowest BCUT2D eigenvalue weighted by molar-refractivity contribution is -0.115. The van der Waals surface area contributed by atoms with Gasteiger partial charge in [0.2, 0.25) is 0 Å². The Hall–Kier alpha value is -0.630. The van der Waals surface area contributed by atoms with E-state index >= 15 is 0 Å². The average Bonchev–Trinajstić information content (AvgIpc) is 2.75. The second kappa shape index (κ2) is 4.56. The highest BCUT2D eigenvalue weighted by atomic mass is 16.3. The number of fused-ring (bicyclic) bond motifs is 1. The highest BCUT2D eigenvalue weighted by molar-refractivity contribution is 5.91. The minimum Gasteiger partial charge on any atom is -0.393 e. The molecule has 0 aromatic heterocycles. The van der Waals surface area contributed by atoms with Crippen molar-refractivity contribution >= 4 is 5.78 Å². The molecule has 3 aliphatic rings. The van der Waals surface area contributed by atoms with Gasteiger partial charge < -0.3 is 5.11 Å². The van der Waals surface area contributed by atoms with Crippen molar-refractivity contribution in [2.45, 2.75) is 57.5 Å². The maximum Gasteiger partial charge on any atom is 0.155 e. The molecule has 2 nitrogen and oxygen atoms in total. The minimum absolute atomic E-state index is 0.0372. The van der Waals surface area contributed by atoms with E-state index in [4.69, 9.17) is 0 Å². The third kappa shape index (κ3) is 2.33. The minimum atomic E-state index is -0.0372. The number of hydrogen-bond acceptors (Lipinski definition) is 2. The van der Waals surface area contributed by atoms with Crippen LogP contribution in [-0.2, 0) is 4.79 Å². The standard InChI is InChI=1S/C15H22O2/c16-14-5-3-11-7-10(1-2-12(11)8-14)13-4-6-15(17)9-13/h8,10-11,13,15,17H,1-7,9H2/t10-,11+,13+,15-/m0/s1. The van der Waals surface area contributed by atoms with Crippen LogP contribution >= 0.6 is 0 Å². The number of carbonyl (C=O) groups excluding carboxylic acids is 1. The molecule has 0 amide bonds. The summed E-state index contributed by atoms with van der Waals surface area (Å²) in [6.07, 6.45) is 10.6. The normalized spacial score (nSPS) is 42.2. The summed E-state index contributed by atoms with van der Waals surface area (Å²) in [7, 11) is 0. The van der Waals surface area contributed by atoms with Crippen molar-refractivity contribution in [1.82, 2.24) is 0 Å². The summed E-state index contributed by atoms with van der Waals surface area (Å²) >= 11 is 0. The third-order valence-electron chi connectivity index (χ3n) is 5.11. The SMILES string of the molecule is O=C1C=C2CC[C@H]([C@@H]3CC[C@H](O)C3)C[C@H]2CC1. The van der Waals surface area contributed by atoms with E-state index in [1.165, 1.54) is 24.8 Å². The van der Waals surface area contributed by atoms with Gasteiger partial charge >= 0.3 is 0 Å². The zero-order chi connectivity index (χ0) is 11.8. The fraction of sp³-hybridized carbons (Fsp3) is 0.800. The van der Waals surface area contributed by atoms with Crippen LogP contribution in [0.4, 0.5) is 0 Å². The Morgan fingerprint density at radius 3 is 2.59 bits per heavy atom. The first-order valence-electron chi connectivity index (χ1n) is 7.13. The Bertz CT molecular complexity index is 345. The van der Waals surface area contributed by atoms with Crippen molar-refractivity contribution in [2.24, 2.45) is 17.8 Å². The molecular formula is C15H22O2. The van der Waals surface area contributed by atoms with Gasteiger partial charge in [0.15, 0.2) is 5.78 Å². The maximum atomic E-state index is 11.4. The second-order valence-corrected chi connectivity index (χ2v) is 6.18. The first-order valence-corrected chi connectivity index (χ1v) is 7.13. The number of aliphatic hydroxyl groups excluding tert-OH is 1. The van der Waals surface area contributed by atoms with Crippen LogP contribution in [0.5, 0.6) is 0 Å². The molecule has 3 rings (SSSR count). The molecule has 94 valence electrons. The van der Waals surface area contributed by atoms with Gasteiger partial charge in [-0.15, -0.1) is 0 Å². The van der Waals surface area contributed by atoms with E-state index in [-0.39, 0.29) is 6.10 Å². The molecule has 2 heteroatoms. The second-order valence-electron chi connectivity index (χ2n) is 6.18. The van der Waals surface area contributed by atoms with E-state index in [2.05, 4.69) is 0 Å². The van der Waals surface area contributed by atoms with Gasteiger partial charge in [-0.2, -0.15) is 0 Å². The Morgan fingerprint density at radius 1 is 1.00 bits per heavy atom. The van der Waals surface area contributed by atoms with Crippen LogP contribution in [0, 0.1) is 17.8 Å². The van der Waals surface area contributed by atoms with Crippen molar-refractivity contribution in [3.8, 4) is 0 Å². The number of rotatable bonds is 1. The molecule has 4 atom stereocenters. The van der Waals surface area contributed by atoms with Gasteiger partial charge in [0.1, 0.15) is 0 Å². The Labute approximate surface area is 103 Å². The van der Waals surface area contributed by atoms with Crippen molar-refractivity contribution in [1.29, 1.82) is 0 Å². The zero-order valence-corrected chi connectivity index (χ0v) is 10.4. The molecule has 0 saturated heterocycles. The largest absolute Gasteiger partial charge is 0.393 e. The number of aliphatic hydroxyl groups is 1. The van der Waals surface area contributed by atoms with E-state index < -0.39 is 0 Å². The topological polar surface area (TPSA) is 37.3 Å². The molecular weight excluding hydrogens is 212 g/mol. The third-order valence-corrected chi connectivity index (χ3v) is 5.11. The molecule has 3 aliphatic carbocycles. The van der Waals surface area contributed by atoms with E-state index in [9.17, 15) is 9.90 Å². The molecule has 0 heterocycles. The first-order chi connectivity index (χ1) is 8.22. The Balaban J connectivity index is 1.65. The highest BCUT2D eigenvalue weighted by Crippen LogP contribution is 2.45. The lowest BCUT2D eigenvalue weighted by atomic mass is 9.69. The predicted molar refractivity (Wildman–Crippen MR) is 66.5 cm³/mol. The van der Waals surface area contributed by atoms with Crippen molar-refractivity contribution in [3.05, 3.63) is 11.6 Å². The lowest BCUT2D eigenvalue weighted by Gasteiger charge is -2.36. The fourth-order valence-electron chi connectivity index (χ4n) is 4.13. The Kier molecular flexibility index (Phi) is 3.08. The number of hydrogen-bond donors (Lipinski definition) is 1. The average molecular weight is 234 g/mol. The summed E-state index contributed by atoms with van der Waals surface area (Å²) in [5.41, 5.74) is 1.43. The Morgan fingerprint density at radius 2 is 1.82 bits per heavy atom. The van der Waals surface area contributed by atoms with Gasteiger partial charge in [-0.05, 0) is 68.8 Å². The van der Waals surface area contributed by atoms with Gasteiger partial charge in [0, 0.05) is 6.42 Å². The van der Waals surface area contributed by atoms with Gasteiger partial charge in [-0.25, -0.2) is 0 Å². The van der Waals surface area contributed by atoms with E-state index in [1.807, 2.05) is 6.08 Å². The van der Waals surface area contributed by atoms with Crippen LogP contribution in [-0.4, -0.2) is 17.0 Å². The van der Waals surface area contributed by atoms with Crippen LogP contribution in [0.15, 0.2) is 11.6 Å². The molecule has 2 saturated carbocycles. The molecule has 0 radical (unpaired) electrons. The molecule has 2 fully saturated rings. The fourth-order valence-corrected chi connectivity index (χ4v) is 4.13. The summed E-state index contributed by atoms with van der Waals surface area (Å²) in [6, 6.07) is 0. The summed E-state index contributed by atoms with van der Waals surface area (Å²) in [4.78, 5) is 11.4. The van der Waals surface area contributed by atoms with Crippen molar-refractivity contribution < 1.29 is 9.90 Å². The molecule has 0 bridgehead atoms. The van der Waals surface area contributed by atoms with Crippen molar-refractivity contribution in [3.63, 3.8) is 0 Å². The zero-order valence-electron chi connectivity index (χ0n) is 10.4. The molecule has 0 aromatic carbocycles. The lowest BCUT2D eigenvalue weighted by Crippen LogP contribution is -2.26. The summed E-state index contributed by atoms with van der Waals surface area (Å²) in [5.74, 6) is 2.59. The van der Waals surface area contributed by atoms with Crippen LogP contribution in [0.1, 0.15) is 51.4 Å². The van der Waals surface area contributed by atoms with E-state index in [0.717, 1.165) is 43.9 Å². The molecule has 0 aromatic rings. The predicted octanol–water partition coefficient (Wildman–Crippen LogP) is 2.85. The van der Waals surface area contributed by atoms with Gasteiger partial charge in [0.05, 0.1) is 6.10 Å². The number of ketones is 1. The summed E-state index contributed by atoms with van der Waals surface area (Å²) in [6.45, 7) is 0. The summed E-state index contributed by atoms with van der Waals surface area (Å²) < 4.78 is 0. The van der Waals surface area contributed by atoms with E-state index in [1.54, 1.807) is 0 Å². The number of allylic oxidation sites excluding steroid dienone is 2. The van der Waals surface area contributed by atoms with Crippen LogP contribution in [0.25, 0.3) is 0 Å². The first kappa shape index (κ1) is 11.5. The van der Waals surface area contributed by atoms with Gasteiger partial charge in [-0.3, -0.25) is 4.79 Å². The van der Waals surface area contributed by atoms with E-state index in [0.29, 0.717) is 11.7 Å².